The standard InChI is InChI=1S/C11H21IO5S/c1-8(9(2)12)6-11(17-18(3,15)16)5-4-10(14)7-13/h8,10-11,13-14H,2,4-7H2,1,3H3/t8?,10?,11-/m1/s1. The highest BCUT2D eigenvalue weighted by molar-refractivity contribution is 14.1. The van der Waals surface area contributed by atoms with Crippen LogP contribution in [-0.2, 0) is 14.3 Å². The molecular weight excluding hydrogens is 371 g/mol. The van der Waals surface area contributed by atoms with Crippen LogP contribution in [0.5, 0.6) is 0 Å². The monoisotopic (exact) mass is 392 g/mol. The van der Waals surface area contributed by atoms with E-state index in [9.17, 15) is 13.5 Å². The second-order valence-electron chi connectivity index (χ2n) is 4.42. The first-order valence-corrected chi connectivity index (χ1v) is 8.56. The maximum absolute atomic E-state index is 11.1. The molecule has 7 heteroatoms. The zero-order chi connectivity index (χ0) is 14.3. The first-order valence-electron chi connectivity index (χ1n) is 5.67. The lowest BCUT2D eigenvalue weighted by Gasteiger charge is -2.20. The van der Waals surface area contributed by atoms with Crippen LogP contribution in [0.1, 0.15) is 26.2 Å². The predicted molar refractivity (Wildman–Crippen MR) is 79.0 cm³/mol. The minimum absolute atomic E-state index is 0.128. The third-order valence-electron chi connectivity index (χ3n) is 2.49. The van der Waals surface area contributed by atoms with E-state index < -0.39 is 22.3 Å². The minimum Gasteiger partial charge on any atom is -0.394 e. The van der Waals surface area contributed by atoms with Gasteiger partial charge in [0.25, 0.3) is 10.1 Å². The Morgan fingerprint density at radius 1 is 1.44 bits per heavy atom. The summed E-state index contributed by atoms with van der Waals surface area (Å²) in [6, 6.07) is 0. The van der Waals surface area contributed by atoms with Crippen LogP contribution in [0.4, 0.5) is 0 Å². The largest absolute Gasteiger partial charge is 0.394 e. The van der Waals surface area contributed by atoms with Crippen molar-refractivity contribution in [2.24, 2.45) is 5.92 Å². The number of hydrogen-bond donors (Lipinski definition) is 2. The summed E-state index contributed by atoms with van der Waals surface area (Å²) in [5.41, 5.74) is 0. The van der Waals surface area contributed by atoms with Gasteiger partial charge in [0.1, 0.15) is 0 Å². The summed E-state index contributed by atoms with van der Waals surface area (Å²) < 4.78 is 28.2. The minimum atomic E-state index is -3.53. The van der Waals surface area contributed by atoms with Crippen molar-refractivity contribution in [3.8, 4) is 0 Å². The average molecular weight is 392 g/mol. The van der Waals surface area contributed by atoms with E-state index in [2.05, 4.69) is 29.2 Å². The molecule has 0 aromatic carbocycles. The normalized spacial score (nSPS) is 17.2. The van der Waals surface area contributed by atoms with Crippen molar-refractivity contribution in [1.82, 2.24) is 0 Å². The topological polar surface area (TPSA) is 83.8 Å². The van der Waals surface area contributed by atoms with Crippen molar-refractivity contribution in [3.05, 3.63) is 10.2 Å². The number of hydrogen-bond acceptors (Lipinski definition) is 5. The lowest BCUT2D eigenvalue weighted by molar-refractivity contribution is 0.0713. The molecule has 0 spiro atoms. The van der Waals surface area contributed by atoms with E-state index in [1.807, 2.05) is 6.92 Å². The lowest BCUT2D eigenvalue weighted by Crippen LogP contribution is -2.23. The third kappa shape index (κ3) is 9.26. The first kappa shape index (κ1) is 18.3. The fourth-order valence-corrected chi connectivity index (χ4v) is 2.37. The number of aliphatic hydroxyl groups is 2. The van der Waals surface area contributed by atoms with E-state index in [4.69, 9.17) is 9.29 Å². The molecule has 0 amide bonds. The zero-order valence-corrected chi connectivity index (χ0v) is 13.6. The molecule has 0 saturated heterocycles. The molecule has 0 fully saturated rings. The fourth-order valence-electron chi connectivity index (χ4n) is 1.44. The molecule has 2 N–H and O–H groups in total. The molecule has 0 aliphatic rings. The first-order chi connectivity index (χ1) is 8.15. The van der Waals surface area contributed by atoms with Crippen molar-refractivity contribution in [3.63, 3.8) is 0 Å². The van der Waals surface area contributed by atoms with Crippen LogP contribution in [0.3, 0.4) is 0 Å². The molecule has 0 aliphatic carbocycles. The zero-order valence-electron chi connectivity index (χ0n) is 10.7. The van der Waals surface area contributed by atoms with Gasteiger partial charge in [0.15, 0.2) is 0 Å². The molecule has 0 radical (unpaired) electrons. The van der Waals surface area contributed by atoms with E-state index in [1.54, 1.807) is 0 Å². The maximum Gasteiger partial charge on any atom is 0.264 e. The number of allylic oxidation sites excluding steroid dienone is 1. The van der Waals surface area contributed by atoms with Crippen LogP contribution in [0, 0.1) is 5.92 Å². The molecule has 5 nitrogen and oxygen atoms in total. The number of aliphatic hydroxyl groups excluding tert-OH is 2. The van der Waals surface area contributed by atoms with Crippen LogP contribution in [0.2, 0.25) is 0 Å². The van der Waals surface area contributed by atoms with Gasteiger partial charge in [-0.05, 0) is 51.4 Å². The van der Waals surface area contributed by atoms with E-state index in [0.29, 0.717) is 19.3 Å². The van der Waals surface area contributed by atoms with E-state index in [1.165, 1.54) is 0 Å². The maximum atomic E-state index is 11.1. The molecule has 18 heavy (non-hydrogen) atoms. The Kier molecular flexibility index (Phi) is 8.61. The predicted octanol–water partition coefficient (Wildman–Crippen LogP) is 1.44. The Balaban J connectivity index is 4.47. The Morgan fingerprint density at radius 3 is 2.39 bits per heavy atom. The van der Waals surface area contributed by atoms with E-state index in [-0.39, 0.29) is 12.5 Å². The molecule has 0 bridgehead atoms. The number of halogens is 1. The summed E-state index contributed by atoms with van der Waals surface area (Å²) in [6.45, 7) is 5.42. The average Bonchev–Trinajstić information content (AvgIpc) is 2.23. The molecule has 0 aromatic heterocycles. The molecule has 0 aliphatic heterocycles. The SMILES string of the molecule is C=C(I)C(C)C[C@@H](CCC(O)CO)OS(C)(=O)=O. The van der Waals surface area contributed by atoms with Gasteiger partial charge in [-0.3, -0.25) is 4.18 Å². The summed E-state index contributed by atoms with van der Waals surface area (Å²) in [5.74, 6) is 0.128. The smallest absolute Gasteiger partial charge is 0.264 e. The molecule has 0 saturated carbocycles. The molecular formula is C11H21IO5S. The lowest BCUT2D eigenvalue weighted by atomic mass is 9.99. The molecule has 2 unspecified atom stereocenters. The van der Waals surface area contributed by atoms with Crippen LogP contribution < -0.4 is 0 Å². The van der Waals surface area contributed by atoms with Crippen molar-refractivity contribution < 1.29 is 22.8 Å². The van der Waals surface area contributed by atoms with Crippen molar-refractivity contribution in [2.45, 2.75) is 38.4 Å². The van der Waals surface area contributed by atoms with Gasteiger partial charge >= 0.3 is 0 Å². The van der Waals surface area contributed by atoms with Crippen molar-refractivity contribution >= 4 is 32.7 Å². The van der Waals surface area contributed by atoms with Gasteiger partial charge < -0.3 is 10.2 Å². The highest BCUT2D eigenvalue weighted by Gasteiger charge is 2.20. The summed E-state index contributed by atoms with van der Waals surface area (Å²) >= 11 is 2.10. The third-order valence-corrected chi connectivity index (χ3v) is 4.18. The summed E-state index contributed by atoms with van der Waals surface area (Å²) in [6.07, 6.45) is 0.871. The molecule has 0 aromatic rings. The van der Waals surface area contributed by atoms with Gasteiger partial charge in [-0.15, -0.1) is 0 Å². The Bertz CT molecular complexity index is 354. The van der Waals surface area contributed by atoms with Crippen LogP contribution in [0.25, 0.3) is 0 Å². The summed E-state index contributed by atoms with van der Waals surface area (Å²) in [5, 5.41) is 18.0. The van der Waals surface area contributed by atoms with Crippen molar-refractivity contribution in [1.29, 1.82) is 0 Å². The quantitative estimate of drug-likeness (QED) is 0.458. The van der Waals surface area contributed by atoms with E-state index in [0.717, 1.165) is 9.84 Å². The van der Waals surface area contributed by atoms with Gasteiger partial charge in [-0.2, -0.15) is 8.42 Å². The molecule has 0 heterocycles. The van der Waals surface area contributed by atoms with Crippen LogP contribution in [-0.4, -0.2) is 43.7 Å². The van der Waals surface area contributed by atoms with E-state index >= 15 is 0 Å². The van der Waals surface area contributed by atoms with Gasteiger partial charge in [0.05, 0.1) is 25.1 Å². The second kappa shape index (κ2) is 8.47. The van der Waals surface area contributed by atoms with Gasteiger partial charge in [-0.25, -0.2) is 0 Å². The Morgan fingerprint density at radius 2 is 2.00 bits per heavy atom. The molecule has 3 atom stereocenters. The number of rotatable bonds is 9. The Hall–Kier alpha value is 0.300. The summed E-state index contributed by atoms with van der Waals surface area (Å²) in [7, 11) is -3.53. The van der Waals surface area contributed by atoms with Crippen LogP contribution >= 0.6 is 22.6 Å². The highest BCUT2D eigenvalue weighted by Crippen LogP contribution is 2.24. The second-order valence-corrected chi connectivity index (χ2v) is 7.41. The summed E-state index contributed by atoms with van der Waals surface area (Å²) in [4.78, 5) is 0. The van der Waals surface area contributed by atoms with Crippen molar-refractivity contribution in [2.75, 3.05) is 12.9 Å². The molecule has 108 valence electrons. The Labute approximate surface area is 122 Å². The fraction of sp³-hybridized carbons (Fsp3) is 0.818. The van der Waals surface area contributed by atoms with Gasteiger partial charge in [0, 0.05) is 0 Å². The van der Waals surface area contributed by atoms with Gasteiger partial charge in [0.2, 0.25) is 0 Å². The van der Waals surface area contributed by atoms with Gasteiger partial charge in [-0.1, -0.05) is 13.5 Å². The van der Waals surface area contributed by atoms with Crippen LogP contribution in [0.15, 0.2) is 10.2 Å². The highest BCUT2D eigenvalue weighted by atomic mass is 127. The molecule has 0 rings (SSSR count).